The molecule has 0 aliphatic rings. The van der Waals surface area contributed by atoms with Crippen molar-refractivity contribution in [1.29, 1.82) is 0 Å². The van der Waals surface area contributed by atoms with E-state index in [0.29, 0.717) is 5.02 Å². The summed E-state index contributed by atoms with van der Waals surface area (Å²) in [6, 6.07) is 7.53. The molecular formula is C13H7ClFIN2O3. The summed E-state index contributed by atoms with van der Waals surface area (Å²) in [6.07, 6.45) is 0. The van der Waals surface area contributed by atoms with Crippen LogP contribution >= 0.6 is 34.2 Å². The van der Waals surface area contributed by atoms with Gasteiger partial charge < -0.3 is 5.32 Å². The van der Waals surface area contributed by atoms with Crippen LogP contribution in [0.5, 0.6) is 0 Å². The molecule has 2 aromatic carbocycles. The molecular weight excluding hydrogens is 414 g/mol. The van der Waals surface area contributed by atoms with Crippen molar-refractivity contribution in [3.05, 3.63) is 66.5 Å². The summed E-state index contributed by atoms with van der Waals surface area (Å²) in [7, 11) is 0. The zero-order valence-corrected chi connectivity index (χ0v) is 13.2. The van der Waals surface area contributed by atoms with Crippen LogP contribution in [0.1, 0.15) is 10.4 Å². The maximum atomic E-state index is 13.3. The van der Waals surface area contributed by atoms with Crippen LogP contribution in [0.25, 0.3) is 0 Å². The Labute approximate surface area is 137 Å². The first kappa shape index (κ1) is 15.6. The molecule has 2 aromatic rings. The van der Waals surface area contributed by atoms with Gasteiger partial charge in [0.2, 0.25) is 0 Å². The lowest BCUT2D eigenvalue weighted by Crippen LogP contribution is -2.12. The number of nitro groups is 1. The third-order valence-corrected chi connectivity index (χ3v) is 4.11. The highest BCUT2D eigenvalue weighted by Crippen LogP contribution is 2.22. The first-order chi connectivity index (χ1) is 9.86. The van der Waals surface area contributed by atoms with Gasteiger partial charge in [-0.3, -0.25) is 14.9 Å². The molecule has 0 unspecified atom stereocenters. The van der Waals surface area contributed by atoms with Gasteiger partial charge in [-0.05, 0) is 46.9 Å². The van der Waals surface area contributed by atoms with Crippen LogP contribution in [0.4, 0.5) is 15.8 Å². The van der Waals surface area contributed by atoms with E-state index in [-0.39, 0.29) is 11.3 Å². The van der Waals surface area contributed by atoms with Crippen LogP contribution in [0, 0.1) is 19.5 Å². The number of rotatable bonds is 3. The highest BCUT2D eigenvalue weighted by molar-refractivity contribution is 14.1. The van der Waals surface area contributed by atoms with E-state index in [1.54, 1.807) is 12.1 Å². The maximum absolute atomic E-state index is 13.3. The van der Waals surface area contributed by atoms with Crippen LogP contribution in [-0.4, -0.2) is 10.8 Å². The van der Waals surface area contributed by atoms with Crippen LogP contribution in [0.2, 0.25) is 5.02 Å². The van der Waals surface area contributed by atoms with Crippen LogP contribution in [-0.2, 0) is 0 Å². The molecule has 2 rings (SSSR count). The van der Waals surface area contributed by atoms with Gasteiger partial charge in [-0.25, -0.2) is 4.39 Å². The number of halogens is 3. The number of nitrogens with zero attached hydrogens (tertiary/aromatic N) is 1. The SMILES string of the molecule is O=C(Nc1cc(F)cc([N+](=O)[O-])c1)c1ccc(I)c(Cl)c1. The molecule has 21 heavy (non-hydrogen) atoms. The number of anilines is 1. The van der Waals surface area contributed by atoms with E-state index >= 15 is 0 Å². The monoisotopic (exact) mass is 420 g/mol. The lowest BCUT2D eigenvalue weighted by atomic mass is 10.2. The molecule has 0 bridgehead atoms. The maximum Gasteiger partial charge on any atom is 0.274 e. The normalized spacial score (nSPS) is 10.2. The fourth-order valence-corrected chi connectivity index (χ4v) is 2.11. The Kier molecular flexibility index (Phi) is 4.73. The number of carbonyl (C=O) groups is 1. The fourth-order valence-electron chi connectivity index (χ4n) is 1.59. The molecule has 0 aromatic heterocycles. The van der Waals surface area contributed by atoms with E-state index in [9.17, 15) is 19.3 Å². The highest BCUT2D eigenvalue weighted by atomic mass is 127. The van der Waals surface area contributed by atoms with Gasteiger partial charge in [0.25, 0.3) is 11.6 Å². The molecule has 8 heteroatoms. The summed E-state index contributed by atoms with van der Waals surface area (Å²) in [5.74, 6) is -1.34. The Morgan fingerprint density at radius 3 is 2.62 bits per heavy atom. The van der Waals surface area contributed by atoms with Gasteiger partial charge in [0, 0.05) is 15.2 Å². The van der Waals surface area contributed by atoms with Crippen molar-refractivity contribution in [3.63, 3.8) is 0 Å². The Balaban J connectivity index is 2.27. The molecule has 0 spiro atoms. The second-order valence-corrected chi connectivity index (χ2v) is 5.61. The molecule has 0 atom stereocenters. The smallest absolute Gasteiger partial charge is 0.274 e. The second-order valence-electron chi connectivity index (χ2n) is 4.04. The second kappa shape index (κ2) is 6.35. The molecule has 0 aliphatic heterocycles. The zero-order chi connectivity index (χ0) is 15.6. The lowest BCUT2D eigenvalue weighted by molar-refractivity contribution is -0.385. The van der Waals surface area contributed by atoms with Crippen molar-refractivity contribution < 1.29 is 14.1 Å². The Hall–Kier alpha value is -1.74. The molecule has 0 aliphatic carbocycles. The quantitative estimate of drug-likeness (QED) is 0.458. The largest absolute Gasteiger partial charge is 0.322 e. The summed E-state index contributed by atoms with van der Waals surface area (Å²) in [5, 5.41) is 13.5. The van der Waals surface area contributed by atoms with E-state index in [0.717, 1.165) is 21.8 Å². The van der Waals surface area contributed by atoms with Crippen molar-refractivity contribution in [2.24, 2.45) is 0 Å². The van der Waals surface area contributed by atoms with Crippen LogP contribution in [0.15, 0.2) is 36.4 Å². The van der Waals surface area contributed by atoms with E-state index in [2.05, 4.69) is 5.32 Å². The van der Waals surface area contributed by atoms with Gasteiger partial charge in [-0.2, -0.15) is 0 Å². The number of hydrogen-bond acceptors (Lipinski definition) is 3. The third-order valence-electron chi connectivity index (χ3n) is 2.53. The Morgan fingerprint density at radius 1 is 1.29 bits per heavy atom. The molecule has 1 amide bonds. The number of non-ortho nitro benzene ring substituents is 1. The first-order valence-electron chi connectivity index (χ1n) is 5.58. The van der Waals surface area contributed by atoms with Crippen molar-refractivity contribution in [1.82, 2.24) is 0 Å². The molecule has 1 N–H and O–H groups in total. The van der Waals surface area contributed by atoms with E-state index < -0.39 is 22.3 Å². The lowest BCUT2D eigenvalue weighted by Gasteiger charge is -2.06. The topological polar surface area (TPSA) is 72.2 Å². The van der Waals surface area contributed by atoms with Crippen molar-refractivity contribution >= 4 is 51.5 Å². The minimum atomic E-state index is -0.805. The third kappa shape index (κ3) is 3.88. The van der Waals surface area contributed by atoms with Gasteiger partial charge in [0.15, 0.2) is 0 Å². The summed E-state index contributed by atoms with van der Waals surface area (Å²) in [5.41, 5.74) is -0.167. The molecule has 5 nitrogen and oxygen atoms in total. The molecule has 0 fully saturated rings. The van der Waals surface area contributed by atoms with Gasteiger partial charge >= 0.3 is 0 Å². The minimum absolute atomic E-state index is 0.00127. The predicted molar refractivity (Wildman–Crippen MR) is 85.2 cm³/mol. The molecule has 0 radical (unpaired) electrons. The number of hydrogen-bond donors (Lipinski definition) is 1. The van der Waals surface area contributed by atoms with Crippen molar-refractivity contribution in [3.8, 4) is 0 Å². The number of nitro benzene ring substituents is 1. The number of carbonyl (C=O) groups excluding carboxylic acids is 1. The van der Waals surface area contributed by atoms with Crippen LogP contribution in [0.3, 0.4) is 0 Å². The van der Waals surface area contributed by atoms with Crippen molar-refractivity contribution in [2.75, 3.05) is 5.32 Å². The number of benzene rings is 2. The number of nitrogens with one attached hydrogen (secondary N) is 1. The van der Waals surface area contributed by atoms with Gasteiger partial charge in [0.1, 0.15) is 5.82 Å². The standard InChI is InChI=1S/C13H7ClFIN2O3/c14-11-3-7(1-2-12(11)16)13(19)17-9-4-8(15)5-10(6-9)18(20)21/h1-6H,(H,17,19). The van der Waals surface area contributed by atoms with E-state index in [1.807, 2.05) is 22.6 Å². The van der Waals surface area contributed by atoms with Gasteiger partial charge in [-0.1, -0.05) is 11.6 Å². The van der Waals surface area contributed by atoms with Crippen molar-refractivity contribution in [2.45, 2.75) is 0 Å². The summed E-state index contributed by atoms with van der Waals surface area (Å²) >= 11 is 7.93. The predicted octanol–water partition coefficient (Wildman–Crippen LogP) is 4.24. The van der Waals surface area contributed by atoms with Gasteiger partial charge in [-0.15, -0.1) is 0 Å². The first-order valence-corrected chi connectivity index (χ1v) is 7.04. The van der Waals surface area contributed by atoms with Crippen LogP contribution < -0.4 is 5.32 Å². The summed E-state index contributed by atoms with van der Waals surface area (Å²) < 4.78 is 14.1. The Bertz CT molecular complexity index is 739. The van der Waals surface area contributed by atoms with E-state index in [1.165, 1.54) is 6.07 Å². The highest BCUT2D eigenvalue weighted by Gasteiger charge is 2.13. The fraction of sp³-hybridized carbons (Fsp3) is 0. The van der Waals surface area contributed by atoms with E-state index in [4.69, 9.17) is 11.6 Å². The Morgan fingerprint density at radius 2 is 2.00 bits per heavy atom. The van der Waals surface area contributed by atoms with Gasteiger partial charge in [0.05, 0.1) is 21.7 Å². The summed E-state index contributed by atoms with van der Waals surface area (Å²) in [4.78, 5) is 21.9. The number of amides is 1. The molecule has 108 valence electrons. The average Bonchev–Trinajstić information content (AvgIpc) is 2.41. The summed E-state index contributed by atoms with van der Waals surface area (Å²) in [6.45, 7) is 0. The average molecular weight is 421 g/mol. The molecule has 0 saturated heterocycles. The zero-order valence-electron chi connectivity index (χ0n) is 10.3. The minimum Gasteiger partial charge on any atom is -0.322 e. The molecule has 0 heterocycles. The molecule has 0 saturated carbocycles.